The van der Waals surface area contributed by atoms with E-state index in [0.717, 1.165) is 26.1 Å². The molecule has 0 saturated carbocycles. The Bertz CT molecular complexity index is 234. The molecule has 0 aliphatic carbocycles. The Morgan fingerprint density at radius 1 is 1.28 bits per heavy atom. The van der Waals surface area contributed by atoms with E-state index in [1.807, 2.05) is 20.9 Å². The van der Waals surface area contributed by atoms with Gasteiger partial charge in [0.15, 0.2) is 0 Å². The molecule has 0 aliphatic heterocycles. The molecule has 4 nitrogen and oxygen atoms in total. The monoisotopic (exact) mass is 258 g/mol. The normalized spacial score (nSPS) is 14.6. The highest BCUT2D eigenvalue weighted by Crippen LogP contribution is 2.13. The number of ether oxygens (including phenoxy) is 1. The number of hydrogen-bond acceptors (Lipinski definition) is 4. The quantitative estimate of drug-likeness (QED) is 0.609. The Morgan fingerprint density at radius 2 is 1.94 bits per heavy atom. The summed E-state index contributed by atoms with van der Waals surface area (Å²) in [5.74, 6) is -0.154. The maximum absolute atomic E-state index is 11.9. The number of nitrogens with zero attached hydrogens (tertiary/aromatic N) is 1. The summed E-state index contributed by atoms with van der Waals surface area (Å²) >= 11 is 0. The average Bonchev–Trinajstić information content (AvgIpc) is 2.38. The molecule has 1 unspecified atom stereocenters. The number of nitrogens with one attached hydrogen (secondary N) is 1. The Morgan fingerprint density at radius 3 is 2.39 bits per heavy atom. The van der Waals surface area contributed by atoms with Crippen LogP contribution in [-0.4, -0.2) is 49.7 Å². The minimum absolute atomic E-state index is 0.154. The summed E-state index contributed by atoms with van der Waals surface area (Å²) in [6.45, 7) is 11.6. The number of carbonyl (C=O) groups is 1. The third-order valence-electron chi connectivity index (χ3n) is 3.48. The predicted octanol–water partition coefficient (Wildman–Crippen LogP) is 2.04. The molecule has 1 N–H and O–H groups in total. The van der Waals surface area contributed by atoms with Crippen molar-refractivity contribution in [1.29, 1.82) is 0 Å². The van der Waals surface area contributed by atoms with Crippen molar-refractivity contribution < 1.29 is 9.53 Å². The van der Waals surface area contributed by atoms with E-state index in [1.54, 1.807) is 0 Å². The molecule has 0 fully saturated rings. The van der Waals surface area contributed by atoms with Gasteiger partial charge in [0.1, 0.15) is 5.54 Å². The molecule has 0 aromatic carbocycles. The summed E-state index contributed by atoms with van der Waals surface area (Å²) in [5.41, 5.74) is -0.574. The van der Waals surface area contributed by atoms with Crippen molar-refractivity contribution >= 4 is 5.97 Å². The number of unbranched alkanes of at least 4 members (excludes halogenated alkanes) is 1. The van der Waals surface area contributed by atoms with Crippen LogP contribution in [0.5, 0.6) is 0 Å². The fourth-order valence-corrected chi connectivity index (χ4v) is 1.81. The molecular weight excluding hydrogens is 228 g/mol. The topological polar surface area (TPSA) is 41.6 Å². The Kier molecular flexibility index (Phi) is 9.02. The number of likely N-dealkylation sites (N-methyl/N-ethyl adjacent to an activating group) is 1. The lowest BCUT2D eigenvalue weighted by Gasteiger charge is -2.30. The molecule has 0 aromatic rings. The van der Waals surface area contributed by atoms with E-state index in [-0.39, 0.29) is 5.97 Å². The molecule has 0 amide bonds. The summed E-state index contributed by atoms with van der Waals surface area (Å²) in [7, 11) is 1.82. The van der Waals surface area contributed by atoms with E-state index in [4.69, 9.17) is 4.74 Å². The van der Waals surface area contributed by atoms with Gasteiger partial charge in [-0.05, 0) is 46.8 Å². The van der Waals surface area contributed by atoms with Crippen molar-refractivity contribution in [1.82, 2.24) is 10.2 Å². The van der Waals surface area contributed by atoms with Gasteiger partial charge in [-0.1, -0.05) is 20.3 Å². The highest BCUT2D eigenvalue weighted by atomic mass is 16.5. The van der Waals surface area contributed by atoms with Crippen LogP contribution in [0.1, 0.15) is 47.0 Å². The minimum Gasteiger partial charge on any atom is -0.465 e. The second kappa shape index (κ2) is 9.34. The SMILES string of the molecule is CCCCN(CC)CCC(C)(NC)C(=O)OCC. The second-order valence-electron chi connectivity index (χ2n) is 4.84. The molecule has 0 aromatic heterocycles. The van der Waals surface area contributed by atoms with Gasteiger partial charge < -0.3 is 15.0 Å². The van der Waals surface area contributed by atoms with Crippen LogP contribution in [0.3, 0.4) is 0 Å². The first kappa shape index (κ1) is 17.4. The van der Waals surface area contributed by atoms with Crippen molar-refractivity contribution in [3.63, 3.8) is 0 Å². The lowest BCUT2D eigenvalue weighted by Crippen LogP contribution is -2.50. The summed E-state index contributed by atoms with van der Waals surface area (Å²) in [4.78, 5) is 14.3. The maximum atomic E-state index is 11.9. The van der Waals surface area contributed by atoms with Crippen LogP contribution in [0.15, 0.2) is 0 Å². The van der Waals surface area contributed by atoms with E-state index in [1.165, 1.54) is 12.8 Å². The van der Waals surface area contributed by atoms with Gasteiger partial charge in [0.2, 0.25) is 0 Å². The Balaban J connectivity index is 4.29. The van der Waals surface area contributed by atoms with Crippen LogP contribution in [0.2, 0.25) is 0 Å². The molecule has 0 saturated heterocycles. The average molecular weight is 258 g/mol. The Labute approximate surface area is 112 Å². The molecule has 0 bridgehead atoms. The van der Waals surface area contributed by atoms with Crippen LogP contribution in [0, 0.1) is 0 Å². The zero-order valence-corrected chi connectivity index (χ0v) is 12.7. The molecule has 0 radical (unpaired) electrons. The molecule has 0 aliphatic rings. The van der Waals surface area contributed by atoms with Crippen molar-refractivity contribution in [2.75, 3.05) is 33.3 Å². The molecule has 0 spiro atoms. The molecule has 18 heavy (non-hydrogen) atoms. The summed E-state index contributed by atoms with van der Waals surface area (Å²) in [6, 6.07) is 0. The largest absolute Gasteiger partial charge is 0.465 e. The summed E-state index contributed by atoms with van der Waals surface area (Å²) in [6.07, 6.45) is 3.20. The van der Waals surface area contributed by atoms with E-state index in [0.29, 0.717) is 6.61 Å². The van der Waals surface area contributed by atoms with E-state index < -0.39 is 5.54 Å². The number of carbonyl (C=O) groups excluding carboxylic acids is 1. The fourth-order valence-electron chi connectivity index (χ4n) is 1.81. The van der Waals surface area contributed by atoms with Crippen LogP contribution >= 0.6 is 0 Å². The van der Waals surface area contributed by atoms with E-state index in [2.05, 4.69) is 24.1 Å². The molecule has 108 valence electrons. The van der Waals surface area contributed by atoms with Gasteiger partial charge in [0.25, 0.3) is 0 Å². The fraction of sp³-hybridized carbons (Fsp3) is 0.929. The lowest BCUT2D eigenvalue weighted by molar-refractivity contribution is -0.150. The standard InChI is InChI=1S/C14H30N2O2/c1-6-9-11-16(7-2)12-10-14(4,15-5)13(17)18-8-3/h15H,6-12H2,1-5H3. The van der Waals surface area contributed by atoms with Gasteiger partial charge in [-0.3, -0.25) is 4.79 Å². The van der Waals surface area contributed by atoms with Crippen LogP contribution in [0.4, 0.5) is 0 Å². The van der Waals surface area contributed by atoms with Gasteiger partial charge in [0.05, 0.1) is 6.61 Å². The smallest absolute Gasteiger partial charge is 0.326 e. The van der Waals surface area contributed by atoms with Gasteiger partial charge in [-0.2, -0.15) is 0 Å². The van der Waals surface area contributed by atoms with Crippen molar-refractivity contribution in [3.8, 4) is 0 Å². The van der Waals surface area contributed by atoms with Crippen molar-refractivity contribution in [2.24, 2.45) is 0 Å². The van der Waals surface area contributed by atoms with Gasteiger partial charge in [-0.15, -0.1) is 0 Å². The first-order valence-electron chi connectivity index (χ1n) is 7.12. The second-order valence-corrected chi connectivity index (χ2v) is 4.84. The lowest BCUT2D eigenvalue weighted by atomic mass is 9.98. The van der Waals surface area contributed by atoms with Crippen molar-refractivity contribution in [3.05, 3.63) is 0 Å². The third kappa shape index (κ3) is 5.83. The summed E-state index contributed by atoms with van der Waals surface area (Å²) in [5, 5.41) is 3.10. The minimum atomic E-state index is -0.574. The van der Waals surface area contributed by atoms with Gasteiger partial charge in [0, 0.05) is 6.54 Å². The first-order chi connectivity index (χ1) is 8.53. The molecular formula is C14H30N2O2. The van der Waals surface area contributed by atoms with Crippen LogP contribution < -0.4 is 5.32 Å². The van der Waals surface area contributed by atoms with Crippen LogP contribution in [-0.2, 0) is 9.53 Å². The Hall–Kier alpha value is -0.610. The number of rotatable bonds is 10. The van der Waals surface area contributed by atoms with Crippen molar-refractivity contribution in [2.45, 2.75) is 52.5 Å². The summed E-state index contributed by atoms with van der Waals surface area (Å²) < 4.78 is 5.13. The van der Waals surface area contributed by atoms with E-state index >= 15 is 0 Å². The maximum Gasteiger partial charge on any atom is 0.326 e. The van der Waals surface area contributed by atoms with Gasteiger partial charge >= 0.3 is 5.97 Å². The molecule has 4 heteroatoms. The zero-order valence-electron chi connectivity index (χ0n) is 12.7. The zero-order chi connectivity index (χ0) is 14.0. The third-order valence-corrected chi connectivity index (χ3v) is 3.48. The predicted molar refractivity (Wildman–Crippen MR) is 75.7 cm³/mol. The highest BCUT2D eigenvalue weighted by Gasteiger charge is 2.32. The molecule has 1 atom stereocenters. The highest BCUT2D eigenvalue weighted by molar-refractivity contribution is 5.80. The number of esters is 1. The van der Waals surface area contributed by atoms with Crippen LogP contribution in [0.25, 0.3) is 0 Å². The van der Waals surface area contributed by atoms with Gasteiger partial charge in [-0.25, -0.2) is 0 Å². The van der Waals surface area contributed by atoms with E-state index in [9.17, 15) is 4.79 Å². The molecule has 0 heterocycles. The molecule has 0 rings (SSSR count). The number of hydrogen-bond donors (Lipinski definition) is 1. The first-order valence-corrected chi connectivity index (χ1v) is 7.12.